The van der Waals surface area contributed by atoms with Crippen LogP contribution in [0.2, 0.25) is 0 Å². The highest BCUT2D eigenvalue weighted by Crippen LogP contribution is 2.27. The molecule has 0 saturated carbocycles. The predicted octanol–water partition coefficient (Wildman–Crippen LogP) is 4.69. The van der Waals surface area contributed by atoms with E-state index in [1.165, 1.54) is 18.4 Å². The van der Waals surface area contributed by atoms with Gasteiger partial charge in [-0.15, -0.1) is 0 Å². The van der Waals surface area contributed by atoms with Crippen molar-refractivity contribution >= 4 is 28.3 Å². The fourth-order valence-electron chi connectivity index (χ4n) is 4.34. The van der Waals surface area contributed by atoms with Crippen molar-refractivity contribution in [2.45, 2.75) is 39.3 Å². The summed E-state index contributed by atoms with van der Waals surface area (Å²) in [6.07, 6.45) is 7.98. The summed E-state index contributed by atoms with van der Waals surface area (Å²) in [5, 5.41) is 14.1. The Labute approximate surface area is 198 Å². The van der Waals surface area contributed by atoms with Crippen LogP contribution in [0.25, 0.3) is 22.0 Å². The first-order chi connectivity index (χ1) is 16.5. The lowest BCUT2D eigenvalue weighted by molar-refractivity contribution is 0.102. The number of fused-ring (bicyclic) bond motifs is 1. The van der Waals surface area contributed by atoms with Gasteiger partial charge in [0.1, 0.15) is 5.82 Å². The van der Waals surface area contributed by atoms with E-state index in [9.17, 15) is 4.79 Å². The van der Waals surface area contributed by atoms with Gasteiger partial charge >= 0.3 is 0 Å². The standard InChI is InChI=1S/C26H29N7O/c1-17(2)29-24-8-6-21(15-28-24)30-26(34)25-22-12-19(5-7-23(22)31-32-25)20-11-18(13-27-14-20)16-33-9-3-4-10-33/h5-8,11-15,17H,3-4,9-10,16H2,1-2H3,(H,28,29)(H,30,34)(H,31,32). The second-order valence-electron chi connectivity index (χ2n) is 9.08. The van der Waals surface area contributed by atoms with Gasteiger partial charge in [-0.05, 0) is 81.2 Å². The second kappa shape index (κ2) is 9.61. The Bertz CT molecular complexity index is 1290. The highest BCUT2D eigenvalue weighted by molar-refractivity contribution is 6.11. The Morgan fingerprint density at radius 1 is 1.06 bits per heavy atom. The molecular formula is C26H29N7O. The molecule has 8 heteroatoms. The van der Waals surface area contributed by atoms with Crippen molar-refractivity contribution in [3.63, 3.8) is 0 Å². The number of H-pyrrole nitrogens is 1. The lowest BCUT2D eigenvalue weighted by atomic mass is 10.0. The van der Waals surface area contributed by atoms with Gasteiger partial charge < -0.3 is 10.6 Å². The number of amides is 1. The molecule has 1 aromatic carbocycles. The molecule has 0 radical (unpaired) electrons. The molecule has 5 rings (SSSR count). The molecule has 1 aliphatic rings. The van der Waals surface area contributed by atoms with Gasteiger partial charge in [-0.2, -0.15) is 5.10 Å². The van der Waals surface area contributed by atoms with Crippen molar-refractivity contribution < 1.29 is 4.79 Å². The average Bonchev–Trinajstić information content (AvgIpc) is 3.49. The number of carbonyl (C=O) groups is 1. The van der Waals surface area contributed by atoms with Gasteiger partial charge in [0.15, 0.2) is 5.69 Å². The Balaban J connectivity index is 1.36. The maximum Gasteiger partial charge on any atom is 0.276 e. The third-order valence-electron chi connectivity index (χ3n) is 5.97. The SMILES string of the molecule is CC(C)Nc1ccc(NC(=O)c2n[nH]c3ccc(-c4cncc(CN5CCCC5)c4)cc23)cn1. The van der Waals surface area contributed by atoms with E-state index in [4.69, 9.17) is 0 Å². The van der Waals surface area contributed by atoms with E-state index in [0.29, 0.717) is 11.4 Å². The van der Waals surface area contributed by atoms with Crippen LogP contribution < -0.4 is 10.6 Å². The summed E-state index contributed by atoms with van der Waals surface area (Å²) in [5.74, 6) is 0.485. The van der Waals surface area contributed by atoms with Gasteiger partial charge in [0.05, 0.1) is 17.4 Å². The average molecular weight is 456 g/mol. The molecule has 3 aromatic heterocycles. The first kappa shape index (κ1) is 22.0. The number of pyridine rings is 2. The van der Waals surface area contributed by atoms with E-state index in [1.807, 2.05) is 56.6 Å². The lowest BCUT2D eigenvalue weighted by Gasteiger charge is -2.14. The Morgan fingerprint density at radius 2 is 1.91 bits per heavy atom. The molecule has 0 unspecified atom stereocenters. The number of nitrogens with zero attached hydrogens (tertiary/aromatic N) is 4. The second-order valence-corrected chi connectivity index (χ2v) is 9.08. The summed E-state index contributed by atoms with van der Waals surface area (Å²) in [4.78, 5) is 24.3. The number of anilines is 2. The van der Waals surface area contributed by atoms with Crippen LogP contribution in [-0.2, 0) is 6.54 Å². The van der Waals surface area contributed by atoms with Crippen LogP contribution in [0.15, 0.2) is 55.0 Å². The minimum atomic E-state index is -0.282. The smallest absolute Gasteiger partial charge is 0.276 e. The molecule has 1 aliphatic heterocycles. The van der Waals surface area contributed by atoms with E-state index in [-0.39, 0.29) is 11.9 Å². The highest BCUT2D eigenvalue weighted by atomic mass is 16.1. The first-order valence-corrected chi connectivity index (χ1v) is 11.7. The third kappa shape index (κ3) is 4.92. The minimum absolute atomic E-state index is 0.282. The fourth-order valence-corrected chi connectivity index (χ4v) is 4.34. The van der Waals surface area contributed by atoms with E-state index in [0.717, 1.165) is 47.5 Å². The normalized spacial score (nSPS) is 14.1. The zero-order chi connectivity index (χ0) is 23.5. The molecule has 0 bridgehead atoms. The molecule has 3 N–H and O–H groups in total. The van der Waals surface area contributed by atoms with E-state index in [2.05, 4.69) is 41.8 Å². The topological polar surface area (TPSA) is 98.8 Å². The van der Waals surface area contributed by atoms with Crippen LogP contribution in [0.3, 0.4) is 0 Å². The van der Waals surface area contributed by atoms with Crippen molar-refractivity contribution in [3.05, 3.63) is 66.2 Å². The van der Waals surface area contributed by atoms with Crippen molar-refractivity contribution in [1.82, 2.24) is 25.1 Å². The van der Waals surface area contributed by atoms with E-state index < -0.39 is 0 Å². The molecular weight excluding hydrogens is 426 g/mol. The van der Waals surface area contributed by atoms with Crippen LogP contribution in [0, 0.1) is 0 Å². The van der Waals surface area contributed by atoms with Gasteiger partial charge in [-0.1, -0.05) is 6.07 Å². The molecule has 0 aliphatic carbocycles. The summed E-state index contributed by atoms with van der Waals surface area (Å²) in [6, 6.07) is 12.1. The molecule has 1 amide bonds. The number of aromatic amines is 1. The quantitative estimate of drug-likeness (QED) is 0.374. The molecule has 0 atom stereocenters. The molecule has 4 aromatic rings. The summed E-state index contributed by atoms with van der Waals surface area (Å²) < 4.78 is 0. The van der Waals surface area contributed by atoms with E-state index in [1.54, 1.807) is 6.20 Å². The van der Waals surface area contributed by atoms with Crippen LogP contribution in [0.5, 0.6) is 0 Å². The van der Waals surface area contributed by atoms with Crippen molar-refractivity contribution in [2.75, 3.05) is 23.7 Å². The molecule has 1 saturated heterocycles. The molecule has 34 heavy (non-hydrogen) atoms. The van der Waals surface area contributed by atoms with Crippen LogP contribution >= 0.6 is 0 Å². The van der Waals surface area contributed by atoms with Crippen LogP contribution in [0.1, 0.15) is 42.7 Å². The Morgan fingerprint density at radius 3 is 2.68 bits per heavy atom. The minimum Gasteiger partial charge on any atom is -0.368 e. The Hall–Kier alpha value is -3.78. The first-order valence-electron chi connectivity index (χ1n) is 11.7. The Kier molecular flexibility index (Phi) is 6.22. The number of likely N-dealkylation sites (tertiary alicyclic amines) is 1. The number of aromatic nitrogens is 4. The summed E-state index contributed by atoms with van der Waals surface area (Å²) >= 11 is 0. The highest BCUT2D eigenvalue weighted by Gasteiger charge is 2.16. The van der Waals surface area contributed by atoms with Crippen molar-refractivity contribution in [2.24, 2.45) is 0 Å². The summed E-state index contributed by atoms with van der Waals surface area (Å²) in [6.45, 7) is 7.32. The number of hydrogen-bond acceptors (Lipinski definition) is 6. The van der Waals surface area contributed by atoms with E-state index >= 15 is 0 Å². The molecule has 0 spiro atoms. The predicted molar refractivity (Wildman–Crippen MR) is 135 cm³/mol. The van der Waals surface area contributed by atoms with Gasteiger partial charge in [0.2, 0.25) is 0 Å². The summed E-state index contributed by atoms with van der Waals surface area (Å²) in [7, 11) is 0. The van der Waals surface area contributed by atoms with Gasteiger partial charge in [0, 0.05) is 35.9 Å². The number of benzene rings is 1. The van der Waals surface area contributed by atoms with Crippen LogP contribution in [-0.4, -0.2) is 50.1 Å². The summed E-state index contributed by atoms with van der Waals surface area (Å²) in [5.41, 5.74) is 5.01. The molecule has 4 heterocycles. The fraction of sp³-hybridized carbons (Fsp3) is 0.308. The number of rotatable bonds is 7. The number of nitrogens with one attached hydrogen (secondary N) is 3. The van der Waals surface area contributed by atoms with Crippen molar-refractivity contribution in [1.29, 1.82) is 0 Å². The number of carbonyl (C=O) groups excluding carboxylic acids is 1. The zero-order valence-electron chi connectivity index (χ0n) is 19.5. The monoisotopic (exact) mass is 455 g/mol. The molecule has 1 fully saturated rings. The molecule has 174 valence electrons. The maximum absolute atomic E-state index is 13.0. The molecule has 8 nitrogen and oxygen atoms in total. The largest absolute Gasteiger partial charge is 0.368 e. The maximum atomic E-state index is 13.0. The van der Waals surface area contributed by atoms with Gasteiger partial charge in [-0.3, -0.25) is 19.8 Å². The third-order valence-corrected chi connectivity index (χ3v) is 5.97. The number of hydrogen-bond donors (Lipinski definition) is 3. The van der Waals surface area contributed by atoms with Gasteiger partial charge in [0.25, 0.3) is 5.91 Å². The van der Waals surface area contributed by atoms with Gasteiger partial charge in [-0.25, -0.2) is 4.98 Å². The van der Waals surface area contributed by atoms with Crippen molar-refractivity contribution in [3.8, 4) is 11.1 Å². The zero-order valence-corrected chi connectivity index (χ0v) is 19.5. The lowest BCUT2D eigenvalue weighted by Crippen LogP contribution is -2.18. The van der Waals surface area contributed by atoms with Crippen LogP contribution in [0.4, 0.5) is 11.5 Å².